The van der Waals surface area contributed by atoms with Crippen LogP contribution in [0.2, 0.25) is 10.0 Å². The van der Waals surface area contributed by atoms with E-state index in [0.717, 1.165) is 30.2 Å². The zero-order chi connectivity index (χ0) is 12.3. The highest BCUT2D eigenvalue weighted by Gasteiger charge is 2.21. The van der Waals surface area contributed by atoms with Crippen molar-refractivity contribution in [3.05, 3.63) is 28.2 Å². The van der Waals surface area contributed by atoms with E-state index in [4.69, 9.17) is 33.7 Å². The molecule has 1 aliphatic rings. The van der Waals surface area contributed by atoms with Gasteiger partial charge in [0.1, 0.15) is 0 Å². The van der Waals surface area contributed by atoms with Gasteiger partial charge in [-0.05, 0) is 31.2 Å². The van der Waals surface area contributed by atoms with Gasteiger partial charge in [-0.15, -0.1) is 0 Å². The van der Waals surface area contributed by atoms with E-state index in [1.165, 1.54) is 0 Å². The second-order valence-electron chi connectivity index (χ2n) is 4.11. The third-order valence-electron chi connectivity index (χ3n) is 2.88. The zero-order valence-electron chi connectivity index (χ0n) is 9.53. The molecule has 0 spiro atoms. The number of hydrogen-bond acceptors (Lipinski definition) is 3. The quantitative estimate of drug-likeness (QED) is 0.921. The Labute approximate surface area is 111 Å². The minimum atomic E-state index is 0.184. The van der Waals surface area contributed by atoms with Gasteiger partial charge in [0.25, 0.3) is 0 Å². The number of hydrogen-bond donors (Lipinski definition) is 1. The van der Waals surface area contributed by atoms with Gasteiger partial charge in [0.15, 0.2) is 0 Å². The first-order valence-corrected chi connectivity index (χ1v) is 6.48. The van der Waals surface area contributed by atoms with Gasteiger partial charge in [-0.25, -0.2) is 0 Å². The van der Waals surface area contributed by atoms with Crippen molar-refractivity contribution in [2.24, 2.45) is 5.73 Å². The Morgan fingerprint density at radius 1 is 1.41 bits per heavy atom. The average molecular weight is 275 g/mol. The lowest BCUT2D eigenvalue weighted by Gasteiger charge is -2.35. The van der Waals surface area contributed by atoms with Crippen LogP contribution in [0.25, 0.3) is 0 Å². The molecule has 0 aliphatic carbocycles. The van der Waals surface area contributed by atoms with E-state index in [9.17, 15) is 0 Å². The SMILES string of the molecule is NCCC1CN(c2cc(Cl)ccc2Cl)CCO1. The van der Waals surface area contributed by atoms with E-state index in [1.54, 1.807) is 6.07 Å². The fraction of sp³-hybridized carbons (Fsp3) is 0.500. The highest BCUT2D eigenvalue weighted by Crippen LogP contribution is 2.30. The van der Waals surface area contributed by atoms with Gasteiger partial charge in [-0.3, -0.25) is 0 Å². The predicted octanol–water partition coefficient (Wildman–Crippen LogP) is 2.55. The summed E-state index contributed by atoms with van der Waals surface area (Å²) in [6, 6.07) is 5.52. The van der Waals surface area contributed by atoms with Gasteiger partial charge in [0.2, 0.25) is 0 Å². The van der Waals surface area contributed by atoms with Crippen molar-refractivity contribution in [2.75, 3.05) is 31.1 Å². The molecule has 1 saturated heterocycles. The number of nitrogens with zero attached hydrogens (tertiary/aromatic N) is 1. The molecule has 0 bridgehead atoms. The van der Waals surface area contributed by atoms with Crippen LogP contribution in [0.15, 0.2) is 18.2 Å². The van der Waals surface area contributed by atoms with Gasteiger partial charge in [-0.2, -0.15) is 0 Å². The number of ether oxygens (including phenoxy) is 1. The van der Waals surface area contributed by atoms with Crippen molar-refractivity contribution in [2.45, 2.75) is 12.5 Å². The molecular weight excluding hydrogens is 259 g/mol. The van der Waals surface area contributed by atoms with Gasteiger partial charge in [0, 0.05) is 18.1 Å². The van der Waals surface area contributed by atoms with E-state index < -0.39 is 0 Å². The van der Waals surface area contributed by atoms with Gasteiger partial charge in [-0.1, -0.05) is 23.2 Å². The number of halogens is 2. The van der Waals surface area contributed by atoms with Gasteiger partial charge >= 0.3 is 0 Å². The average Bonchev–Trinajstić information content (AvgIpc) is 2.33. The lowest BCUT2D eigenvalue weighted by atomic mass is 10.2. The number of morpholine rings is 1. The molecule has 0 radical (unpaired) electrons. The summed E-state index contributed by atoms with van der Waals surface area (Å²) in [6.07, 6.45) is 1.05. The summed E-state index contributed by atoms with van der Waals surface area (Å²) < 4.78 is 5.64. The first-order valence-electron chi connectivity index (χ1n) is 5.72. The minimum Gasteiger partial charge on any atom is -0.374 e. The third kappa shape index (κ3) is 3.26. The standard InChI is InChI=1S/C12H16Cl2N2O/c13-9-1-2-11(14)12(7-9)16-5-6-17-10(8-16)3-4-15/h1-2,7,10H,3-6,8,15H2. The Hall–Kier alpha value is -0.480. The molecule has 1 atom stereocenters. The van der Waals surface area contributed by atoms with Crippen molar-refractivity contribution >= 4 is 28.9 Å². The Morgan fingerprint density at radius 2 is 2.24 bits per heavy atom. The predicted molar refractivity (Wildman–Crippen MR) is 72.1 cm³/mol. The normalized spacial score (nSPS) is 20.6. The first-order chi connectivity index (χ1) is 8.20. The van der Waals surface area contributed by atoms with E-state index in [1.807, 2.05) is 12.1 Å². The molecule has 5 heteroatoms. The van der Waals surface area contributed by atoms with Gasteiger partial charge < -0.3 is 15.4 Å². The summed E-state index contributed by atoms with van der Waals surface area (Å²) in [4.78, 5) is 2.21. The zero-order valence-corrected chi connectivity index (χ0v) is 11.0. The Bertz CT molecular complexity index is 385. The van der Waals surface area contributed by atoms with Crippen LogP contribution >= 0.6 is 23.2 Å². The van der Waals surface area contributed by atoms with Crippen molar-refractivity contribution in [1.29, 1.82) is 0 Å². The van der Waals surface area contributed by atoms with E-state index in [2.05, 4.69) is 4.90 Å². The fourth-order valence-electron chi connectivity index (χ4n) is 2.03. The molecule has 2 rings (SSSR count). The lowest BCUT2D eigenvalue weighted by molar-refractivity contribution is 0.0369. The molecule has 1 aromatic carbocycles. The molecule has 3 nitrogen and oxygen atoms in total. The summed E-state index contributed by atoms with van der Waals surface area (Å²) in [7, 11) is 0. The van der Waals surface area contributed by atoms with Crippen molar-refractivity contribution in [3.8, 4) is 0 Å². The number of rotatable bonds is 3. The molecule has 1 aromatic rings. The highest BCUT2D eigenvalue weighted by molar-refractivity contribution is 6.35. The molecule has 17 heavy (non-hydrogen) atoms. The molecule has 2 N–H and O–H groups in total. The van der Waals surface area contributed by atoms with Gasteiger partial charge in [0.05, 0.1) is 23.4 Å². The van der Waals surface area contributed by atoms with E-state index in [-0.39, 0.29) is 6.10 Å². The van der Waals surface area contributed by atoms with Crippen molar-refractivity contribution in [3.63, 3.8) is 0 Å². The Kier molecular flexibility index (Phi) is 4.51. The first kappa shape index (κ1) is 13.0. The van der Waals surface area contributed by atoms with E-state index in [0.29, 0.717) is 18.2 Å². The second kappa shape index (κ2) is 5.91. The lowest BCUT2D eigenvalue weighted by Crippen LogP contribution is -2.43. The van der Waals surface area contributed by atoms with Crippen LogP contribution in [-0.4, -0.2) is 32.3 Å². The molecule has 1 heterocycles. The monoisotopic (exact) mass is 274 g/mol. The van der Waals surface area contributed by atoms with Crippen LogP contribution in [0.1, 0.15) is 6.42 Å². The summed E-state index contributed by atoms with van der Waals surface area (Å²) in [5, 5.41) is 1.43. The van der Waals surface area contributed by atoms with Crippen molar-refractivity contribution in [1.82, 2.24) is 0 Å². The topological polar surface area (TPSA) is 38.5 Å². The minimum absolute atomic E-state index is 0.184. The summed E-state index contributed by atoms with van der Waals surface area (Å²) in [5.41, 5.74) is 6.53. The molecule has 0 saturated carbocycles. The number of anilines is 1. The summed E-state index contributed by atoms with van der Waals surface area (Å²) in [6.45, 7) is 2.99. The largest absolute Gasteiger partial charge is 0.374 e. The van der Waals surface area contributed by atoms with Crippen LogP contribution in [0.3, 0.4) is 0 Å². The maximum Gasteiger partial charge on any atom is 0.0762 e. The molecule has 1 aliphatic heterocycles. The summed E-state index contributed by atoms with van der Waals surface area (Å²) >= 11 is 12.2. The van der Waals surface area contributed by atoms with Crippen molar-refractivity contribution < 1.29 is 4.74 Å². The number of nitrogens with two attached hydrogens (primary N) is 1. The smallest absolute Gasteiger partial charge is 0.0762 e. The highest BCUT2D eigenvalue weighted by atomic mass is 35.5. The third-order valence-corrected chi connectivity index (χ3v) is 3.43. The van der Waals surface area contributed by atoms with Crippen LogP contribution < -0.4 is 10.6 Å². The fourth-order valence-corrected chi connectivity index (χ4v) is 2.43. The van der Waals surface area contributed by atoms with Crippen LogP contribution in [0.5, 0.6) is 0 Å². The number of benzene rings is 1. The van der Waals surface area contributed by atoms with E-state index >= 15 is 0 Å². The molecule has 0 aromatic heterocycles. The van der Waals surface area contributed by atoms with Crippen LogP contribution in [0, 0.1) is 0 Å². The molecule has 94 valence electrons. The van der Waals surface area contributed by atoms with Crippen LogP contribution in [-0.2, 0) is 4.74 Å². The second-order valence-corrected chi connectivity index (χ2v) is 4.96. The van der Waals surface area contributed by atoms with Crippen LogP contribution in [0.4, 0.5) is 5.69 Å². The molecule has 1 unspecified atom stereocenters. The Balaban J connectivity index is 2.13. The Morgan fingerprint density at radius 3 is 3.00 bits per heavy atom. The summed E-state index contributed by atoms with van der Waals surface area (Å²) in [5.74, 6) is 0. The maximum atomic E-state index is 6.19. The molecule has 1 fully saturated rings. The maximum absolute atomic E-state index is 6.19. The molecule has 0 amide bonds. The molecular formula is C12H16Cl2N2O.